The molecule has 236 valence electrons. The Morgan fingerprint density at radius 1 is 1.09 bits per heavy atom. The van der Waals surface area contributed by atoms with E-state index >= 15 is 0 Å². The number of hydrogen-bond acceptors (Lipinski definition) is 9. The van der Waals surface area contributed by atoms with E-state index < -0.39 is 0 Å². The highest BCUT2D eigenvalue weighted by molar-refractivity contribution is 6.30. The fourth-order valence-corrected chi connectivity index (χ4v) is 4.49. The molecular formula is C32H47ClN6O4. The number of carbonyl (C=O) groups is 2. The molecule has 1 fully saturated rings. The number of allylic oxidation sites excluding steroid dienone is 2. The number of hydrazine groups is 1. The van der Waals surface area contributed by atoms with Crippen LogP contribution in [0.3, 0.4) is 0 Å². The highest BCUT2D eigenvalue weighted by Crippen LogP contribution is 2.31. The second-order valence-corrected chi connectivity index (χ2v) is 10.2. The molecule has 0 aromatic heterocycles. The predicted molar refractivity (Wildman–Crippen MR) is 177 cm³/mol. The molecule has 1 aliphatic rings. The summed E-state index contributed by atoms with van der Waals surface area (Å²) in [4.78, 5) is 24.7. The third kappa shape index (κ3) is 12.9. The number of nitrogens with zero attached hydrogens (tertiary/aromatic N) is 4. The lowest BCUT2D eigenvalue weighted by Crippen LogP contribution is -2.40. The molecule has 0 radical (unpaired) electrons. The van der Waals surface area contributed by atoms with E-state index in [2.05, 4.69) is 27.6 Å². The van der Waals surface area contributed by atoms with E-state index in [4.69, 9.17) is 21.1 Å². The van der Waals surface area contributed by atoms with Gasteiger partial charge in [0.15, 0.2) is 6.29 Å². The maximum absolute atomic E-state index is 12.9. The first kappa shape index (κ1) is 37.1. The molecular weight excluding hydrogens is 568 g/mol. The van der Waals surface area contributed by atoms with Crippen LogP contribution in [0.25, 0.3) is 0 Å². The maximum Gasteiger partial charge on any atom is 0.227 e. The minimum absolute atomic E-state index is 0.0154. The summed E-state index contributed by atoms with van der Waals surface area (Å²) in [5, 5.41) is 17.5. The summed E-state index contributed by atoms with van der Waals surface area (Å²) in [6, 6.07) is 17.1. The molecule has 2 aromatic carbocycles. The Labute approximate surface area is 261 Å². The molecule has 2 unspecified atom stereocenters. The van der Waals surface area contributed by atoms with Crippen molar-refractivity contribution >= 4 is 42.1 Å². The molecule has 0 heterocycles. The van der Waals surface area contributed by atoms with Gasteiger partial charge in [0.2, 0.25) is 11.8 Å². The van der Waals surface area contributed by atoms with Crippen LogP contribution in [-0.2, 0) is 14.3 Å². The van der Waals surface area contributed by atoms with Crippen molar-refractivity contribution in [3.63, 3.8) is 0 Å². The molecule has 2 aromatic rings. The van der Waals surface area contributed by atoms with Crippen LogP contribution >= 0.6 is 11.6 Å². The van der Waals surface area contributed by atoms with Gasteiger partial charge in [0.05, 0.1) is 25.1 Å². The maximum atomic E-state index is 12.9. The zero-order valence-corrected chi connectivity index (χ0v) is 27.2. The smallest absolute Gasteiger partial charge is 0.227 e. The third-order valence-electron chi connectivity index (χ3n) is 6.73. The minimum Gasteiger partial charge on any atom is -0.494 e. The Bertz CT molecular complexity index is 1170. The predicted octanol–water partition coefficient (Wildman–Crippen LogP) is 5.56. The fraction of sp³-hybridized carbons (Fsp3) is 0.438. The van der Waals surface area contributed by atoms with Crippen LogP contribution in [0.4, 0.5) is 5.69 Å². The van der Waals surface area contributed by atoms with Crippen molar-refractivity contribution in [1.29, 1.82) is 0 Å². The topological polar surface area (TPSA) is 108 Å². The number of ether oxygens (including phenoxy) is 2. The van der Waals surface area contributed by atoms with Gasteiger partial charge < -0.3 is 20.1 Å². The van der Waals surface area contributed by atoms with Crippen LogP contribution in [0.2, 0.25) is 5.02 Å². The van der Waals surface area contributed by atoms with E-state index in [1.807, 2.05) is 99.7 Å². The van der Waals surface area contributed by atoms with Crippen molar-refractivity contribution in [3.05, 3.63) is 71.0 Å². The van der Waals surface area contributed by atoms with Gasteiger partial charge in [-0.1, -0.05) is 36.2 Å². The van der Waals surface area contributed by atoms with Gasteiger partial charge in [0, 0.05) is 37.7 Å². The number of halogens is 1. The largest absolute Gasteiger partial charge is 0.494 e. The SMILES string of the molecule is C=N/N=C(\OC)C1CCCC(C(=O)N/C(C=O)=C(\C)N(C)N(C)c2ccccc2)C1.CCOc1ccc(Cl)cc1.CNC. The van der Waals surface area contributed by atoms with Gasteiger partial charge in [-0.2, -0.15) is 5.10 Å². The second-order valence-electron chi connectivity index (χ2n) is 9.72. The lowest BCUT2D eigenvalue weighted by molar-refractivity contribution is -0.126. The summed E-state index contributed by atoms with van der Waals surface area (Å²) < 4.78 is 10.5. The van der Waals surface area contributed by atoms with Gasteiger partial charge in [0.1, 0.15) is 11.4 Å². The van der Waals surface area contributed by atoms with Crippen molar-refractivity contribution in [1.82, 2.24) is 15.6 Å². The Hall–Kier alpha value is -3.89. The van der Waals surface area contributed by atoms with Crippen molar-refractivity contribution in [2.45, 2.75) is 39.5 Å². The van der Waals surface area contributed by atoms with Crippen LogP contribution < -0.4 is 20.4 Å². The van der Waals surface area contributed by atoms with Gasteiger partial charge in [-0.3, -0.25) is 19.6 Å². The van der Waals surface area contributed by atoms with Crippen LogP contribution in [-0.4, -0.2) is 71.7 Å². The molecule has 11 heteroatoms. The van der Waals surface area contributed by atoms with Gasteiger partial charge in [-0.25, -0.2) is 0 Å². The van der Waals surface area contributed by atoms with E-state index in [-0.39, 0.29) is 23.4 Å². The number of nitrogens with one attached hydrogen (secondary N) is 2. The zero-order chi connectivity index (χ0) is 32.2. The average Bonchev–Trinajstić information content (AvgIpc) is 3.03. The quantitative estimate of drug-likeness (QED) is 0.119. The number of amides is 1. The monoisotopic (exact) mass is 614 g/mol. The van der Waals surface area contributed by atoms with Gasteiger partial charge in [-0.15, -0.1) is 5.10 Å². The molecule has 43 heavy (non-hydrogen) atoms. The van der Waals surface area contributed by atoms with Crippen LogP contribution in [0.5, 0.6) is 5.75 Å². The Kier molecular flexibility index (Phi) is 18.1. The van der Waals surface area contributed by atoms with Crippen LogP contribution in [0.1, 0.15) is 39.5 Å². The Morgan fingerprint density at radius 3 is 2.23 bits per heavy atom. The molecule has 0 spiro atoms. The van der Waals surface area contributed by atoms with Crippen molar-refractivity contribution < 1.29 is 19.1 Å². The zero-order valence-electron chi connectivity index (χ0n) is 26.5. The molecule has 1 amide bonds. The molecule has 10 nitrogen and oxygen atoms in total. The van der Waals surface area contributed by atoms with E-state index in [0.29, 0.717) is 30.9 Å². The van der Waals surface area contributed by atoms with Crippen LogP contribution in [0, 0.1) is 11.8 Å². The van der Waals surface area contributed by atoms with E-state index in [0.717, 1.165) is 35.7 Å². The van der Waals surface area contributed by atoms with Crippen molar-refractivity contribution in [2.24, 2.45) is 22.0 Å². The average molecular weight is 615 g/mol. The highest BCUT2D eigenvalue weighted by atomic mass is 35.5. The summed E-state index contributed by atoms with van der Waals surface area (Å²) in [5.74, 6) is 0.982. The van der Waals surface area contributed by atoms with E-state index in [1.165, 1.54) is 0 Å². The van der Waals surface area contributed by atoms with E-state index in [9.17, 15) is 9.59 Å². The first-order chi connectivity index (χ1) is 20.7. The summed E-state index contributed by atoms with van der Waals surface area (Å²) >= 11 is 5.66. The van der Waals surface area contributed by atoms with Gasteiger partial charge >= 0.3 is 0 Å². The second kappa shape index (κ2) is 20.9. The van der Waals surface area contributed by atoms with Gasteiger partial charge in [-0.05, 0) is 83.6 Å². The number of aldehydes is 1. The van der Waals surface area contributed by atoms with Crippen molar-refractivity contribution in [3.8, 4) is 5.75 Å². The lowest BCUT2D eigenvalue weighted by Gasteiger charge is -2.33. The van der Waals surface area contributed by atoms with Crippen LogP contribution in [0.15, 0.2) is 76.2 Å². The number of benzene rings is 2. The fourth-order valence-electron chi connectivity index (χ4n) is 4.36. The summed E-state index contributed by atoms with van der Waals surface area (Å²) in [6.45, 7) is 7.82. The Balaban J connectivity index is 0.000000589. The number of methoxy groups -OCH3 is 1. The summed E-state index contributed by atoms with van der Waals surface area (Å²) in [5.41, 5.74) is 1.86. The third-order valence-corrected chi connectivity index (χ3v) is 6.98. The van der Waals surface area contributed by atoms with E-state index in [1.54, 1.807) is 14.0 Å². The molecule has 0 aliphatic heterocycles. The number of rotatable bonds is 10. The first-order valence-electron chi connectivity index (χ1n) is 14.2. The number of para-hydroxylation sites is 1. The number of hydrogen-bond donors (Lipinski definition) is 2. The standard InChI is InChI=1S/C22H31N5O3.C8H9ClO.C2H7N/c1-16(26(3)27(4)19-12-7-6-8-13-19)20(15-28)24-21(29)17-10-9-11-18(14-17)22(30-5)25-23-2;1-2-10-8-5-3-7(9)4-6-8;1-3-2/h6-8,12-13,15,17-18H,2,9-11,14H2,1,3-5H3,(H,24,29);3-6H,2H2,1H3;3H,1-2H3/b20-16+,25-22-;;. The molecule has 1 saturated carbocycles. The molecule has 0 bridgehead atoms. The number of carbonyl (C=O) groups excluding carboxylic acids is 2. The summed E-state index contributed by atoms with van der Waals surface area (Å²) in [6.07, 6.45) is 3.79. The molecule has 3 rings (SSSR count). The Morgan fingerprint density at radius 2 is 1.70 bits per heavy atom. The lowest BCUT2D eigenvalue weighted by atomic mass is 9.80. The highest BCUT2D eigenvalue weighted by Gasteiger charge is 2.31. The first-order valence-corrected chi connectivity index (χ1v) is 14.6. The summed E-state index contributed by atoms with van der Waals surface area (Å²) in [7, 11) is 9.04. The number of anilines is 1. The van der Waals surface area contributed by atoms with Gasteiger partial charge in [0.25, 0.3) is 0 Å². The normalized spacial score (nSPS) is 16.5. The molecule has 2 atom stereocenters. The minimum atomic E-state index is -0.228. The molecule has 1 aliphatic carbocycles. The molecule has 2 N–H and O–H groups in total. The molecule has 0 saturated heterocycles. The van der Waals surface area contributed by atoms with Crippen molar-refractivity contribution in [2.75, 3.05) is 46.9 Å².